The molecule has 31 heavy (non-hydrogen) atoms. The van der Waals surface area contributed by atoms with Gasteiger partial charge in [-0.05, 0) is 47.5 Å². The zero-order valence-corrected chi connectivity index (χ0v) is 17.8. The van der Waals surface area contributed by atoms with Gasteiger partial charge < -0.3 is 9.47 Å². The van der Waals surface area contributed by atoms with E-state index in [0.717, 1.165) is 15.6 Å². The maximum absolute atomic E-state index is 11.8. The molecule has 0 unspecified atom stereocenters. The Hall–Kier alpha value is -3.72. The van der Waals surface area contributed by atoms with E-state index < -0.39 is 10.8 Å². The van der Waals surface area contributed by atoms with Crippen LogP contribution in [0, 0.1) is 10.1 Å². The molecular weight excluding hydrogens is 466 g/mol. The summed E-state index contributed by atoms with van der Waals surface area (Å²) in [5.74, 6) is 0.563. The summed E-state index contributed by atoms with van der Waals surface area (Å²) in [4.78, 5) is 22.0. The van der Waals surface area contributed by atoms with E-state index in [1.165, 1.54) is 30.5 Å². The molecule has 0 aliphatic heterocycles. The molecular formula is C22H18BrN3O5. The molecule has 0 saturated heterocycles. The number of carbonyl (C=O) groups is 1. The van der Waals surface area contributed by atoms with Crippen LogP contribution in [0.5, 0.6) is 11.5 Å². The molecule has 0 fully saturated rings. The lowest BCUT2D eigenvalue weighted by molar-refractivity contribution is -0.384. The van der Waals surface area contributed by atoms with Gasteiger partial charge in [0.2, 0.25) is 0 Å². The predicted molar refractivity (Wildman–Crippen MR) is 119 cm³/mol. The van der Waals surface area contributed by atoms with E-state index in [1.54, 1.807) is 6.07 Å². The first-order chi connectivity index (χ1) is 15.0. The minimum absolute atomic E-state index is 0.0516. The highest BCUT2D eigenvalue weighted by atomic mass is 79.9. The standard InChI is InChI=1S/C22H18BrN3O5/c23-18-5-1-4-17(11-18)14-30-21-6-2-3-16(12-21)13-24-25-22(27)15-31-20-9-7-19(8-10-20)26(28)29/h1-13H,14-15H2,(H,25,27). The number of ether oxygens (including phenoxy) is 2. The van der Waals surface area contributed by atoms with Crippen molar-refractivity contribution in [3.63, 3.8) is 0 Å². The summed E-state index contributed by atoms with van der Waals surface area (Å²) in [5.41, 5.74) is 4.10. The van der Waals surface area contributed by atoms with Gasteiger partial charge in [-0.25, -0.2) is 5.43 Å². The summed E-state index contributed by atoms with van der Waals surface area (Å²) in [6.07, 6.45) is 1.50. The van der Waals surface area contributed by atoms with Crippen molar-refractivity contribution >= 4 is 33.7 Å². The Bertz CT molecular complexity index is 1090. The van der Waals surface area contributed by atoms with Crippen LogP contribution in [0.15, 0.2) is 82.4 Å². The maximum Gasteiger partial charge on any atom is 0.277 e. The molecule has 0 bridgehead atoms. The van der Waals surface area contributed by atoms with Crippen LogP contribution in [0.4, 0.5) is 5.69 Å². The van der Waals surface area contributed by atoms with Crippen molar-refractivity contribution < 1.29 is 19.2 Å². The molecule has 3 aromatic rings. The minimum Gasteiger partial charge on any atom is -0.489 e. The van der Waals surface area contributed by atoms with Crippen LogP contribution in [-0.2, 0) is 11.4 Å². The number of hydrogen-bond acceptors (Lipinski definition) is 6. The Morgan fingerprint density at radius 1 is 1.03 bits per heavy atom. The number of carbonyl (C=O) groups excluding carboxylic acids is 1. The van der Waals surface area contributed by atoms with Crippen molar-refractivity contribution in [2.75, 3.05) is 6.61 Å². The fourth-order valence-electron chi connectivity index (χ4n) is 2.50. The Balaban J connectivity index is 1.46. The van der Waals surface area contributed by atoms with Gasteiger partial charge in [-0.15, -0.1) is 0 Å². The predicted octanol–water partition coefficient (Wildman–Crippen LogP) is 4.47. The van der Waals surface area contributed by atoms with Gasteiger partial charge in [0.05, 0.1) is 11.1 Å². The average Bonchev–Trinajstić information content (AvgIpc) is 2.77. The van der Waals surface area contributed by atoms with Gasteiger partial charge >= 0.3 is 0 Å². The summed E-state index contributed by atoms with van der Waals surface area (Å²) in [6.45, 7) is 0.154. The number of nitrogens with zero attached hydrogens (tertiary/aromatic N) is 2. The van der Waals surface area contributed by atoms with Gasteiger partial charge in [0.1, 0.15) is 18.1 Å². The van der Waals surface area contributed by atoms with Gasteiger partial charge in [0, 0.05) is 16.6 Å². The lowest BCUT2D eigenvalue weighted by Crippen LogP contribution is -2.24. The number of hydrazone groups is 1. The number of halogens is 1. The summed E-state index contributed by atoms with van der Waals surface area (Å²) >= 11 is 3.43. The van der Waals surface area contributed by atoms with Crippen molar-refractivity contribution in [3.8, 4) is 11.5 Å². The molecule has 0 aromatic heterocycles. The van der Waals surface area contributed by atoms with E-state index in [2.05, 4.69) is 26.5 Å². The zero-order valence-electron chi connectivity index (χ0n) is 16.2. The van der Waals surface area contributed by atoms with Crippen LogP contribution in [0.25, 0.3) is 0 Å². The Morgan fingerprint density at radius 3 is 2.55 bits per heavy atom. The highest BCUT2D eigenvalue weighted by molar-refractivity contribution is 9.10. The van der Waals surface area contributed by atoms with Crippen molar-refractivity contribution in [2.45, 2.75) is 6.61 Å². The highest BCUT2D eigenvalue weighted by Gasteiger charge is 2.06. The van der Waals surface area contributed by atoms with Crippen molar-refractivity contribution in [1.82, 2.24) is 5.43 Å². The number of benzene rings is 3. The molecule has 8 nitrogen and oxygen atoms in total. The molecule has 0 heterocycles. The number of rotatable bonds is 9. The Morgan fingerprint density at radius 2 is 1.81 bits per heavy atom. The molecule has 1 amide bonds. The fourth-order valence-corrected chi connectivity index (χ4v) is 2.95. The smallest absolute Gasteiger partial charge is 0.277 e. The quantitative estimate of drug-likeness (QED) is 0.274. The van der Waals surface area contributed by atoms with E-state index in [9.17, 15) is 14.9 Å². The van der Waals surface area contributed by atoms with Crippen LogP contribution >= 0.6 is 15.9 Å². The van der Waals surface area contributed by atoms with Crippen molar-refractivity contribution in [3.05, 3.63) is 98.5 Å². The third-order valence-corrected chi connectivity index (χ3v) is 4.47. The average molecular weight is 484 g/mol. The molecule has 0 radical (unpaired) electrons. The zero-order chi connectivity index (χ0) is 22.1. The molecule has 9 heteroatoms. The van der Waals surface area contributed by atoms with Gasteiger partial charge in [0.25, 0.3) is 11.6 Å². The number of nitro benzene ring substituents is 1. The first-order valence-corrected chi connectivity index (χ1v) is 9.95. The van der Waals surface area contributed by atoms with Crippen LogP contribution in [0.2, 0.25) is 0 Å². The van der Waals surface area contributed by atoms with Gasteiger partial charge in [-0.3, -0.25) is 14.9 Å². The van der Waals surface area contributed by atoms with Crippen LogP contribution in [0.3, 0.4) is 0 Å². The number of amides is 1. The Kier molecular flexibility index (Phi) is 7.72. The monoisotopic (exact) mass is 483 g/mol. The third kappa shape index (κ3) is 7.23. The second kappa shape index (κ2) is 10.9. The number of nitro groups is 1. The van der Waals surface area contributed by atoms with Crippen LogP contribution in [0.1, 0.15) is 11.1 Å². The minimum atomic E-state index is -0.508. The van der Waals surface area contributed by atoms with E-state index in [4.69, 9.17) is 9.47 Å². The molecule has 0 aliphatic carbocycles. The molecule has 1 N–H and O–H groups in total. The van der Waals surface area contributed by atoms with Crippen molar-refractivity contribution in [1.29, 1.82) is 0 Å². The van der Waals surface area contributed by atoms with Gasteiger partial charge in [-0.1, -0.05) is 40.2 Å². The molecule has 3 aromatic carbocycles. The fraction of sp³-hybridized carbons (Fsp3) is 0.0909. The van der Waals surface area contributed by atoms with Crippen LogP contribution < -0.4 is 14.9 Å². The topological polar surface area (TPSA) is 103 Å². The maximum atomic E-state index is 11.8. The number of hydrogen-bond donors (Lipinski definition) is 1. The van der Waals surface area contributed by atoms with Crippen LogP contribution in [-0.4, -0.2) is 23.7 Å². The van der Waals surface area contributed by atoms with E-state index in [1.807, 2.05) is 42.5 Å². The molecule has 0 atom stereocenters. The Labute approximate surface area is 186 Å². The number of nitrogens with one attached hydrogen (secondary N) is 1. The molecule has 0 aliphatic rings. The lowest BCUT2D eigenvalue weighted by Gasteiger charge is -2.07. The largest absolute Gasteiger partial charge is 0.489 e. The summed E-state index contributed by atoms with van der Waals surface area (Å²) in [7, 11) is 0. The SMILES string of the molecule is O=C(COc1ccc([N+](=O)[O-])cc1)NN=Cc1cccc(OCc2cccc(Br)c2)c1. The third-order valence-electron chi connectivity index (χ3n) is 3.97. The normalized spacial score (nSPS) is 10.6. The van der Waals surface area contributed by atoms with E-state index in [-0.39, 0.29) is 12.3 Å². The first-order valence-electron chi connectivity index (χ1n) is 9.16. The molecule has 158 valence electrons. The lowest BCUT2D eigenvalue weighted by atomic mass is 10.2. The van der Waals surface area contributed by atoms with Crippen molar-refractivity contribution in [2.24, 2.45) is 5.10 Å². The second-order valence-corrected chi connectivity index (χ2v) is 7.24. The molecule has 0 saturated carbocycles. The summed E-state index contributed by atoms with van der Waals surface area (Å²) < 4.78 is 12.1. The highest BCUT2D eigenvalue weighted by Crippen LogP contribution is 2.18. The second-order valence-electron chi connectivity index (χ2n) is 6.32. The van der Waals surface area contributed by atoms with E-state index in [0.29, 0.717) is 18.1 Å². The van der Waals surface area contributed by atoms with E-state index >= 15 is 0 Å². The summed E-state index contributed by atoms with van der Waals surface area (Å²) in [5, 5.41) is 14.5. The van der Waals surface area contributed by atoms with Gasteiger partial charge in [-0.2, -0.15) is 5.10 Å². The van der Waals surface area contributed by atoms with Gasteiger partial charge in [0.15, 0.2) is 6.61 Å². The first kappa shape index (κ1) is 22.0. The molecule has 0 spiro atoms. The number of non-ortho nitro benzene ring substituents is 1. The molecule has 3 rings (SSSR count). The summed E-state index contributed by atoms with van der Waals surface area (Å²) in [6, 6.07) is 20.6.